The molecule has 2 unspecified atom stereocenters. The van der Waals surface area contributed by atoms with Gasteiger partial charge in [-0.3, -0.25) is 4.79 Å². The third kappa shape index (κ3) is 3.68. The van der Waals surface area contributed by atoms with Crippen LogP contribution in [0.2, 0.25) is 0 Å². The fourth-order valence-corrected chi connectivity index (χ4v) is 2.69. The topological polar surface area (TPSA) is 70.6 Å². The second kappa shape index (κ2) is 6.20. The molecule has 0 aromatic heterocycles. The Bertz CT molecular complexity index is 314. The summed E-state index contributed by atoms with van der Waals surface area (Å²) in [7, 11) is 0. The van der Waals surface area contributed by atoms with E-state index in [-0.39, 0.29) is 23.5 Å². The zero-order chi connectivity index (χ0) is 13.9. The molecule has 5 nitrogen and oxygen atoms in total. The lowest BCUT2D eigenvalue weighted by Gasteiger charge is -2.49. The summed E-state index contributed by atoms with van der Waals surface area (Å²) in [4.78, 5) is 11.8. The molecular formula is C14H26N2O3. The number of aliphatic hydroxyl groups is 1. The Labute approximate surface area is 115 Å². The van der Waals surface area contributed by atoms with Crippen LogP contribution < -0.4 is 10.6 Å². The molecule has 0 aromatic rings. The van der Waals surface area contributed by atoms with Crippen LogP contribution in [-0.2, 0) is 9.53 Å². The monoisotopic (exact) mass is 270 g/mol. The van der Waals surface area contributed by atoms with E-state index in [0.717, 1.165) is 25.9 Å². The number of aliphatic hydroxyl groups excluding tert-OH is 1. The fourth-order valence-electron chi connectivity index (χ4n) is 2.69. The number of piperidine rings is 1. The van der Waals surface area contributed by atoms with Crippen molar-refractivity contribution in [2.45, 2.75) is 57.8 Å². The van der Waals surface area contributed by atoms with Crippen molar-refractivity contribution < 1.29 is 14.6 Å². The predicted octanol–water partition coefficient (Wildman–Crippen LogP) is 0.421. The summed E-state index contributed by atoms with van der Waals surface area (Å²) in [6, 6.07) is 0.0916. The van der Waals surface area contributed by atoms with Crippen molar-refractivity contribution in [3.63, 3.8) is 0 Å². The van der Waals surface area contributed by atoms with E-state index >= 15 is 0 Å². The van der Waals surface area contributed by atoms with E-state index in [9.17, 15) is 9.90 Å². The normalized spacial score (nSPS) is 30.7. The molecule has 1 aliphatic carbocycles. The third-order valence-corrected chi connectivity index (χ3v) is 4.52. The van der Waals surface area contributed by atoms with E-state index in [0.29, 0.717) is 25.6 Å². The smallest absolute Gasteiger partial charge is 0.222 e. The van der Waals surface area contributed by atoms with Gasteiger partial charge in [0.1, 0.15) is 0 Å². The number of nitrogens with one attached hydrogen (secondary N) is 2. The van der Waals surface area contributed by atoms with Crippen molar-refractivity contribution in [2.24, 2.45) is 5.41 Å². The molecule has 0 bridgehead atoms. The van der Waals surface area contributed by atoms with Crippen LogP contribution in [0.15, 0.2) is 0 Å². The first-order valence-electron chi connectivity index (χ1n) is 7.30. The molecular weight excluding hydrogens is 244 g/mol. The molecule has 1 saturated heterocycles. The highest BCUT2D eigenvalue weighted by atomic mass is 16.5. The number of hydrogen-bond acceptors (Lipinski definition) is 4. The first kappa shape index (κ1) is 14.8. The highest BCUT2D eigenvalue weighted by Crippen LogP contribution is 2.40. The standard InChI is InChI=1S/C14H26N2O3/c1-14(2)11(9-12(14)17)16-13(18)5-8-19-10-3-6-15-7-4-10/h10-12,15,17H,3-9H2,1-2H3,(H,16,18). The zero-order valence-corrected chi connectivity index (χ0v) is 11.9. The van der Waals surface area contributed by atoms with Crippen molar-refractivity contribution in [1.82, 2.24) is 10.6 Å². The van der Waals surface area contributed by atoms with Gasteiger partial charge >= 0.3 is 0 Å². The number of hydrogen-bond donors (Lipinski definition) is 3. The predicted molar refractivity (Wildman–Crippen MR) is 72.8 cm³/mol. The van der Waals surface area contributed by atoms with Crippen molar-refractivity contribution in [3.8, 4) is 0 Å². The summed E-state index contributed by atoms with van der Waals surface area (Å²) < 4.78 is 5.71. The maximum absolute atomic E-state index is 11.8. The van der Waals surface area contributed by atoms with Gasteiger partial charge in [0.25, 0.3) is 0 Å². The van der Waals surface area contributed by atoms with E-state index in [1.165, 1.54) is 0 Å². The first-order chi connectivity index (χ1) is 9.00. The van der Waals surface area contributed by atoms with E-state index < -0.39 is 0 Å². The average Bonchev–Trinajstić information content (AvgIpc) is 2.39. The zero-order valence-electron chi connectivity index (χ0n) is 11.9. The van der Waals surface area contributed by atoms with E-state index in [1.807, 2.05) is 13.8 Å². The average molecular weight is 270 g/mol. The van der Waals surface area contributed by atoms with Crippen molar-refractivity contribution in [2.75, 3.05) is 19.7 Å². The molecule has 0 radical (unpaired) electrons. The molecule has 1 aliphatic heterocycles. The van der Waals surface area contributed by atoms with Gasteiger partial charge in [0.05, 0.1) is 18.8 Å². The maximum atomic E-state index is 11.8. The van der Waals surface area contributed by atoms with E-state index in [4.69, 9.17) is 4.74 Å². The van der Waals surface area contributed by atoms with Gasteiger partial charge in [-0.25, -0.2) is 0 Å². The minimum Gasteiger partial charge on any atom is -0.392 e. The Morgan fingerprint density at radius 2 is 2.11 bits per heavy atom. The molecule has 0 spiro atoms. The van der Waals surface area contributed by atoms with Gasteiger partial charge in [-0.05, 0) is 32.4 Å². The van der Waals surface area contributed by atoms with Crippen LogP contribution in [0.3, 0.4) is 0 Å². The number of ether oxygens (including phenoxy) is 1. The molecule has 19 heavy (non-hydrogen) atoms. The van der Waals surface area contributed by atoms with Crippen LogP contribution in [0, 0.1) is 5.41 Å². The first-order valence-corrected chi connectivity index (χ1v) is 7.30. The third-order valence-electron chi connectivity index (χ3n) is 4.52. The summed E-state index contributed by atoms with van der Waals surface area (Å²) in [6.07, 6.45) is 3.13. The van der Waals surface area contributed by atoms with Crippen LogP contribution >= 0.6 is 0 Å². The van der Waals surface area contributed by atoms with E-state index in [1.54, 1.807) is 0 Å². The lowest BCUT2D eigenvalue weighted by Crippen LogP contribution is -2.61. The van der Waals surface area contributed by atoms with Crippen molar-refractivity contribution >= 4 is 5.91 Å². The van der Waals surface area contributed by atoms with Crippen LogP contribution in [0.4, 0.5) is 0 Å². The Kier molecular flexibility index (Phi) is 4.81. The van der Waals surface area contributed by atoms with Gasteiger partial charge in [-0.2, -0.15) is 0 Å². The Hall–Kier alpha value is -0.650. The maximum Gasteiger partial charge on any atom is 0.222 e. The molecule has 2 atom stereocenters. The van der Waals surface area contributed by atoms with Gasteiger partial charge in [-0.1, -0.05) is 13.8 Å². The molecule has 2 aliphatic rings. The summed E-state index contributed by atoms with van der Waals surface area (Å²) in [5.41, 5.74) is -0.203. The van der Waals surface area contributed by atoms with E-state index in [2.05, 4.69) is 10.6 Å². The Morgan fingerprint density at radius 1 is 1.42 bits per heavy atom. The lowest BCUT2D eigenvalue weighted by atomic mass is 9.64. The molecule has 0 aromatic carbocycles. The molecule has 110 valence electrons. The molecule has 3 N–H and O–H groups in total. The summed E-state index contributed by atoms with van der Waals surface area (Å²) in [6.45, 7) is 6.47. The lowest BCUT2D eigenvalue weighted by molar-refractivity contribution is -0.130. The SMILES string of the molecule is CC1(C)C(O)CC1NC(=O)CCOC1CCNCC1. The number of carbonyl (C=O) groups excluding carboxylic acids is 1. The number of rotatable bonds is 5. The molecule has 1 saturated carbocycles. The second-order valence-corrected chi connectivity index (χ2v) is 6.26. The number of amides is 1. The molecule has 2 rings (SSSR count). The van der Waals surface area contributed by atoms with Gasteiger partial charge in [0, 0.05) is 17.9 Å². The minimum atomic E-state index is -0.302. The Morgan fingerprint density at radius 3 is 2.68 bits per heavy atom. The van der Waals surface area contributed by atoms with Gasteiger partial charge in [0.15, 0.2) is 0 Å². The Balaban J connectivity index is 1.60. The van der Waals surface area contributed by atoms with Crippen LogP contribution in [0.25, 0.3) is 0 Å². The molecule has 1 heterocycles. The van der Waals surface area contributed by atoms with Gasteiger partial charge in [0.2, 0.25) is 5.91 Å². The van der Waals surface area contributed by atoms with Gasteiger partial charge < -0.3 is 20.5 Å². The second-order valence-electron chi connectivity index (χ2n) is 6.26. The number of carbonyl (C=O) groups is 1. The minimum absolute atomic E-state index is 0.0268. The van der Waals surface area contributed by atoms with Gasteiger partial charge in [-0.15, -0.1) is 0 Å². The highest BCUT2D eigenvalue weighted by Gasteiger charge is 2.47. The van der Waals surface area contributed by atoms with Crippen LogP contribution in [0.5, 0.6) is 0 Å². The van der Waals surface area contributed by atoms with Crippen LogP contribution in [0.1, 0.15) is 39.5 Å². The highest BCUT2D eigenvalue weighted by molar-refractivity contribution is 5.76. The summed E-state index contributed by atoms with van der Waals surface area (Å²) in [5.74, 6) is 0.0268. The fraction of sp³-hybridized carbons (Fsp3) is 0.929. The quantitative estimate of drug-likeness (QED) is 0.677. The molecule has 2 fully saturated rings. The molecule has 5 heteroatoms. The molecule has 1 amide bonds. The van der Waals surface area contributed by atoms with Crippen molar-refractivity contribution in [3.05, 3.63) is 0 Å². The summed E-state index contributed by atoms with van der Waals surface area (Å²) in [5, 5.41) is 15.9. The van der Waals surface area contributed by atoms with Crippen molar-refractivity contribution in [1.29, 1.82) is 0 Å². The van der Waals surface area contributed by atoms with Crippen LogP contribution in [-0.4, -0.2) is 49.0 Å². The largest absolute Gasteiger partial charge is 0.392 e. The summed E-state index contributed by atoms with van der Waals surface area (Å²) >= 11 is 0.